The number of aryl methyl sites for hydroxylation is 2. The number of benzene rings is 2. The van der Waals surface area contributed by atoms with Gasteiger partial charge in [-0.15, -0.1) is 0 Å². The summed E-state index contributed by atoms with van der Waals surface area (Å²) >= 11 is 0. The van der Waals surface area contributed by atoms with E-state index in [2.05, 4.69) is 53.7 Å². The average Bonchev–Trinajstić information content (AvgIpc) is 0.763. The molecule has 0 saturated carbocycles. The second-order valence-electron chi connectivity index (χ2n) is 25.1. The molecule has 2 aromatic carbocycles. The Balaban J connectivity index is 2.05. The number of unbranched alkanes of at least 4 members (excludes halogenated alkanes) is 6. The molecule has 105 heavy (non-hydrogen) atoms. The maximum Gasteiger partial charge on any atom is 0.133 e. The van der Waals surface area contributed by atoms with Gasteiger partial charge in [-0.05, 0) is 123 Å². The molecule has 0 radical (unpaired) electrons. The molecule has 0 fully saturated rings. The maximum absolute atomic E-state index is 11.5. The van der Waals surface area contributed by atoms with Gasteiger partial charge in [-0.1, -0.05) is 80.1 Å². The third-order valence-corrected chi connectivity index (χ3v) is 16.7. The lowest BCUT2D eigenvalue weighted by atomic mass is 9.84. The van der Waals surface area contributed by atoms with Gasteiger partial charge in [-0.2, -0.15) is 0 Å². The molecule has 4 N–H and O–H groups in total. The summed E-state index contributed by atoms with van der Waals surface area (Å²) in [5.74, 6) is 1.36. The fourth-order valence-electron chi connectivity index (χ4n) is 11.2. The molecule has 0 aliphatic heterocycles. The van der Waals surface area contributed by atoms with Gasteiger partial charge in [0.25, 0.3) is 0 Å². The number of ether oxygens (including phenoxy) is 21. The fraction of sp³-hybridized carbons (Fsp3) is 0.850. The molecule has 0 spiro atoms. The first-order valence-corrected chi connectivity index (χ1v) is 40.0. The van der Waals surface area contributed by atoms with Gasteiger partial charge in [0.05, 0.1) is 277 Å². The fourth-order valence-corrected chi connectivity index (χ4v) is 11.2. The summed E-state index contributed by atoms with van der Waals surface area (Å²) < 4.78 is 122. The lowest BCUT2D eigenvalue weighted by Crippen LogP contribution is -2.20. The third kappa shape index (κ3) is 51.5. The predicted octanol–water partition coefficient (Wildman–Crippen LogP) is 9.92. The van der Waals surface area contributed by atoms with E-state index < -0.39 is 12.2 Å². The molecule has 0 heterocycles. The molecule has 0 amide bonds. The minimum absolute atomic E-state index is 0.00877. The zero-order valence-electron chi connectivity index (χ0n) is 66.1. The summed E-state index contributed by atoms with van der Waals surface area (Å²) in [5, 5.41) is 40.5. The van der Waals surface area contributed by atoms with Crippen LogP contribution in [0.2, 0.25) is 0 Å². The molecule has 0 saturated heterocycles. The van der Waals surface area contributed by atoms with Crippen LogP contribution in [0, 0.1) is 0 Å². The summed E-state index contributed by atoms with van der Waals surface area (Å²) in [5.41, 5.74) is 9.45. The van der Waals surface area contributed by atoms with E-state index in [0.29, 0.717) is 249 Å². The summed E-state index contributed by atoms with van der Waals surface area (Å²) in [7, 11) is 0. The van der Waals surface area contributed by atoms with Crippen LogP contribution >= 0.6 is 0 Å². The second-order valence-corrected chi connectivity index (χ2v) is 25.1. The number of aliphatic hydroxyl groups is 4. The topological polar surface area (TPSA) is 275 Å². The van der Waals surface area contributed by atoms with Crippen molar-refractivity contribution in [3.63, 3.8) is 0 Å². The van der Waals surface area contributed by atoms with Crippen molar-refractivity contribution in [2.24, 2.45) is 0 Å². The van der Waals surface area contributed by atoms with Crippen molar-refractivity contribution in [2.75, 3.05) is 277 Å². The highest BCUT2D eigenvalue weighted by atomic mass is 16.6. The van der Waals surface area contributed by atoms with Gasteiger partial charge in [0.15, 0.2) is 0 Å². The smallest absolute Gasteiger partial charge is 0.133 e. The Labute approximate surface area is 632 Å². The van der Waals surface area contributed by atoms with Crippen molar-refractivity contribution in [2.45, 2.75) is 169 Å². The number of rotatable bonds is 84. The Morgan fingerprint density at radius 3 is 0.600 bits per heavy atom. The van der Waals surface area contributed by atoms with Crippen LogP contribution in [0.4, 0.5) is 0 Å². The van der Waals surface area contributed by atoms with Crippen LogP contribution in [0.1, 0.15) is 175 Å². The normalized spacial score (nSPS) is 12.4. The Morgan fingerprint density at radius 1 is 0.229 bits per heavy atom. The monoisotopic (exact) mass is 1510 g/mol. The Hall–Kier alpha value is -2.72. The zero-order chi connectivity index (χ0) is 75.6. The van der Waals surface area contributed by atoms with Gasteiger partial charge >= 0.3 is 0 Å². The molecule has 0 aromatic heterocycles. The van der Waals surface area contributed by atoms with E-state index in [0.717, 1.165) is 127 Å². The number of hydrogen-bond donors (Lipinski definition) is 4. The van der Waals surface area contributed by atoms with Gasteiger partial charge in [0.2, 0.25) is 0 Å². The van der Waals surface area contributed by atoms with E-state index >= 15 is 0 Å². The lowest BCUT2D eigenvalue weighted by molar-refractivity contribution is -0.0384. The van der Waals surface area contributed by atoms with E-state index in [4.69, 9.17) is 110 Å². The van der Waals surface area contributed by atoms with Crippen molar-refractivity contribution < 1.29 is 120 Å². The minimum Gasteiger partial charge on any atom is -0.457 e. The van der Waals surface area contributed by atoms with E-state index in [9.17, 15) is 10.2 Å². The molecule has 616 valence electrons. The highest BCUT2D eigenvalue weighted by Gasteiger charge is 2.30. The van der Waals surface area contributed by atoms with Crippen LogP contribution in [0.3, 0.4) is 0 Å². The molecular weight excluding hydrogens is 1360 g/mol. The average molecular weight is 1510 g/mol. The Morgan fingerprint density at radius 2 is 0.410 bits per heavy atom. The summed E-state index contributed by atoms with van der Waals surface area (Å²) in [6.07, 6.45) is 16.2. The van der Waals surface area contributed by atoms with Gasteiger partial charge in [-0.25, -0.2) is 0 Å². The molecule has 25 heteroatoms. The largest absolute Gasteiger partial charge is 0.457 e. The first-order valence-electron chi connectivity index (χ1n) is 40.0. The SMILES string of the molecule is CCCCc1cc(Oc2cc(CCCC)c(CCCC)c(CCCC)c2C(CO)OCCOCCOCCOCCOCCOCCOCCOCCOCCOCCO)c(C(CO)OCCOCCOCCOCCOCCOCCOCCOCCOCCOCCO)c(CCCC)c1CCCC. The Kier molecular flexibility index (Phi) is 70.6. The molecular formula is C80H146O25. The lowest BCUT2D eigenvalue weighted by Gasteiger charge is -2.30. The highest BCUT2D eigenvalue weighted by molar-refractivity contribution is 5.57. The van der Waals surface area contributed by atoms with Gasteiger partial charge < -0.3 is 120 Å². The molecule has 2 rings (SSSR count). The van der Waals surface area contributed by atoms with Crippen LogP contribution in [-0.4, -0.2) is 298 Å². The van der Waals surface area contributed by atoms with Crippen LogP contribution in [-0.2, 0) is 133 Å². The summed E-state index contributed by atoms with van der Waals surface area (Å²) in [6.45, 7) is 29.1. The summed E-state index contributed by atoms with van der Waals surface area (Å²) in [6, 6.07) is 4.49. The molecule has 25 nitrogen and oxygen atoms in total. The van der Waals surface area contributed by atoms with E-state index in [1.807, 2.05) is 0 Å². The highest BCUT2D eigenvalue weighted by Crippen LogP contribution is 2.45. The second kappa shape index (κ2) is 75.3. The molecule has 0 bridgehead atoms. The number of aliphatic hydroxyl groups excluding tert-OH is 4. The van der Waals surface area contributed by atoms with E-state index in [1.165, 1.54) is 33.4 Å². The standard InChI is InChI=1S/C80H146O25/c1-7-13-19-69-65-75(79(73(23-17-11-5)71(69)21-15-9-3)77(67-83)103-63-61-101-59-57-99-55-53-97-51-49-95-47-45-93-43-41-91-39-37-89-35-33-87-31-29-85-27-25-81)105-76-66-70(20-14-8-2)72(22-16-10-4)74(24-18-12-6)80(76)78(68-84)104-64-62-102-60-58-100-56-54-98-52-50-96-48-46-94-44-42-92-40-38-90-36-34-88-32-30-86-28-26-82/h65-66,77-78,81-84H,7-64,67-68H2,1-6H3. The molecule has 0 aliphatic rings. The zero-order valence-corrected chi connectivity index (χ0v) is 66.1. The predicted molar refractivity (Wildman–Crippen MR) is 405 cm³/mol. The van der Waals surface area contributed by atoms with Gasteiger partial charge in [0.1, 0.15) is 23.7 Å². The van der Waals surface area contributed by atoms with Gasteiger partial charge in [-0.3, -0.25) is 0 Å². The first kappa shape index (κ1) is 98.4. The van der Waals surface area contributed by atoms with Crippen molar-refractivity contribution in [1.29, 1.82) is 0 Å². The van der Waals surface area contributed by atoms with Crippen molar-refractivity contribution >= 4 is 0 Å². The van der Waals surface area contributed by atoms with Crippen LogP contribution < -0.4 is 4.74 Å². The van der Waals surface area contributed by atoms with Gasteiger partial charge in [0, 0.05) is 11.1 Å². The molecule has 0 aliphatic carbocycles. The molecule has 2 unspecified atom stereocenters. The minimum atomic E-state index is -0.698. The van der Waals surface area contributed by atoms with E-state index in [-0.39, 0.29) is 39.6 Å². The van der Waals surface area contributed by atoms with Crippen LogP contribution in [0.15, 0.2) is 12.1 Å². The van der Waals surface area contributed by atoms with Crippen molar-refractivity contribution in [3.05, 3.63) is 56.6 Å². The first-order chi connectivity index (χ1) is 51.9. The van der Waals surface area contributed by atoms with E-state index in [1.54, 1.807) is 0 Å². The molecule has 2 atom stereocenters. The third-order valence-electron chi connectivity index (χ3n) is 16.7. The number of hydrogen-bond acceptors (Lipinski definition) is 25. The van der Waals surface area contributed by atoms with Crippen molar-refractivity contribution in [1.82, 2.24) is 0 Å². The molecule has 2 aromatic rings. The quantitative estimate of drug-likeness (QED) is 0.0448. The maximum atomic E-state index is 11.5. The van der Waals surface area contributed by atoms with Crippen molar-refractivity contribution in [3.8, 4) is 11.5 Å². The Bertz CT molecular complexity index is 2040. The van der Waals surface area contributed by atoms with Crippen LogP contribution in [0.5, 0.6) is 11.5 Å². The van der Waals surface area contributed by atoms with Crippen LogP contribution in [0.25, 0.3) is 0 Å². The summed E-state index contributed by atoms with van der Waals surface area (Å²) in [4.78, 5) is 0.